The lowest BCUT2D eigenvalue weighted by molar-refractivity contribution is -0.124. The summed E-state index contributed by atoms with van der Waals surface area (Å²) in [4.78, 5) is 11.4. The Kier molecular flexibility index (Phi) is 5.49. The van der Waals surface area contributed by atoms with Crippen molar-refractivity contribution in [2.45, 2.75) is 13.8 Å². The Bertz CT molecular complexity index is 366. The summed E-state index contributed by atoms with van der Waals surface area (Å²) in [6.07, 6.45) is 0. The lowest BCUT2D eigenvalue weighted by Gasteiger charge is -2.11. The van der Waals surface area contributed by atoms with Crippen LogP contribution in [0.3, 0.4) is 0 Å². The van der Waals surface area contributed by atoms with Crippen molar-refractivity contribution in [3.8, 4) is 5.75 Å². The number of carbonyl (C=O) groups is 1. The first-order chi connectivity index (χ1) is 8.15. The number of nitrogens with two attached hydrogens (primary N) is 1. The van der Waals surface area contributed by atoms with E-state index in [4.69, 9.17) is 10.5 Å². The summed E-state index contributed by atoms with van der Waals surface area (Å²) in [7, 11) is 0. The molecule has 0 bridgehead atoms. The van der Waals surface area contributed by atoms with Crippen LogP contribution in [0.15, 0.2) is 24.3 Å². The topological polar surface area (TPSA) is 64.3 Å². The molecule has 0 spiro atoms. The van der Waals surface area contributed by atoms with Gasteiger partial charge in [-0.1, -0.05) is 25.1 Å². The lowest BCUT2D eigenvalue weighted by Crippen LogP contribution is -2.35. The predicted molar refractivity (Wildman–Crippen MR) is 67.9 cm³/mol. The molecular formula is C13H20N2O2. The summed E-state index contributed by atoms with van der Waals surface area (Å²) in [5.41, 5.74) is 6.49. The van der Waals surface area contributed by atoms with Crippen LogP contribution in [0.5, 0.6) is 5.75 Å². The minimum Gasteiger partial charge on any atom is -0.491 e. The molecule has 1 atom stereocenters. The summed E-state index contributed by atoms with van der Waals surface area (Å²) in [5, 5.41) is 2.78. The lowest BCUT2D eigenvalue weighted by atomic mass is 10.2. The van der Waals surface area contributed by atoms with Crippen LogP contribution in [-0.4, -0.2) is 25.6 Å². The van der Waals surface area contributed by atoms with E-state index in [1.165, 1.54) is 0 Å². The number of rotatable bonds is 6. The van der Waals surface area contributed by atoms with Gasteiger partial charge in [0.15, 0.2) is 0 Å². The van der Waals surface area contributed by atoms with E-state index in [0.29, 0.717) is 19.7 Å². The molecule has 1 unspecified atom stereocenters. The molecule has 0 heterocycles. The highest BCUT2D eigenvalue weighted by Crippen LogP contribution is 2.15. The van der Waals surface area contributed by atoms with E-state index in [1.54, 1.807) is 6.92 Å². The zero-order valence-electron chi connectivity index (χ0n) is 10.4. The molecule has 0 aliphatic heterocycles. The van der Waals surface area contributed by atoms with Crippen molar-refractivity contribution in [3.63, 3.8) is 0 Å². The molecule has 4 heteroatoms. The maximum Gasteiger partial charge on any atom is 0.224 e. The van der Waals surface area contributed by atoms with Gasteiger partial charge in [-0.05, 0) is 18.6 Å². The molecule has 1 rings (SSSR count). The molecule has 0 fully saturated rings. The highest BCUT2D eigenvalue weighted by molar-refractivity contribution is 5.78. The van der Waals surface area contributed by atoms with E-state index in [2.05, 4.69) is 5.32 Å². The Balaban J connectivity index is 2.25. The number of ether oxygens (including phenoxy) is 1. The van der Waals surface area contributed by atoms with Gasteiger partial charge in [0.05, 0.1) is 6.54 Å². The maximum atomic E-state index is 11.4. The van der Waals surface area contributed by atoms with Crippen LogP contribution in [0.1, 0.15) is 12.5 Å². The molecule has 0 radical (unpaired) electrons. The van der Waals surface area contributed by atoms with Gasteiger partial charge >= 0.3 is 0 Å². The number of aryl methyl sites for hydroxylation is 1. The average Bonchev–Trinajstić information content (AvgIpc) is 2.35. The van der Waals surface area contributed by atoms with Gasteiger partial charge in [0.2, 0.25) is 5.91 Å². The summed E-state index contributed by atoms with van der Waals surface area (Å²) >= 11 is 0. The second-order valence-electron chi connectivity index (χ2n) is 4.04. The number of amides is 1. The summed E-state index contributed by atoms with van der Waals surface area (Å²) in [6, 6.07) is 7.80. The Morgan fingerprint density at radius 2 is 2.18 bits per heavy atom. The summed E-state index contributed by atoms with van der Waals surface area (Å²) < 4.78 is 5.55. The van der Waals surface area contributed by atoms with Gasteiger partial charge in [-0.15, -0.1) is 0 Å². The molecule has 94 valence electrons. The van der Waals surface area contributed by atoms with Crippen molar-refractivity contribution in [1.29, 1.82) is 0 Å². The van der Waals surface area contributed by atoms with Gasteiger partial charge in [-0.2, -0.15) is 0 Å². The first-order valence-corrected chi connectivity index (χ1v) is 5.81. The minimum absolute atomic E-state index is 0.0270. The second kappa shape index (κ2) is 6.91. The monoisotopic (exact) mass is 236 g/mol. The van der Waals surface area contributed by atoms with Gasteiger partial charge in [0.1, 0.15) is 12.4 Å². The smallest absolute Gasteiger partial charge is 0.224 e. The third kappa shape index (κ3) is 4.44. The second-order valence-corrected chi connectivity index (χ2v) is 4.04. The summed E-state index contributed by atoms with van der Waals surface area (Å²) in [6.45, 7) is 5.12. The first kappa shape index (κ1) is 13.5. The molecule has 0 saturated heterocycles. The van der Waals surface area contributed by atoms with Crippen LogP contribution in [0.25, 0.3) is 0 Å². The van der Waals surface area contributed by atoms with E-state index in [0.717, 1.165) is 11.3 Å². The van der Waals surface area contributed by atoms with Crippen molar-refractivity contribution in [3.05, 3.63) is 29.8 Å². The van der Waals surface area contributed by atoms with Gasteiger partial charge < -0.3 is 15.8 Å². The van der Waals surface area contributed by atoms with Crippen molar-refractivity contribution in [2.24, 2.45) is 11.7 Å². The normalized spacial score (nSPS) is 11.9. The maximum absolute atomic E-state index is 11.4. The van der Waals surface area contributed by atoms with Crippen LogP contribution in [0.4, 0.5) is 0 Å². The third-order valence-corrected chi connectivity index (χ3v) is 2.55. The minimum atomic E-state index is -0.145. The molecule has 4 nitrogen and oxygen atoms in total. The zero-order chi connectivity index (χ0) is 12.7. The highest BCUT2D eigenvalue weighted by atomic mass is 16.5. The van der Waals surface area contributed by atoms with E-state index < -0.39 is 0 Å². The quantitative estimate of drug-likeness (QED) is 0.727. The SMILES string of the molecule is Cc1ccccc1OCCNC(=O)C(C)CN. The molecule has 0 aromatic heterocycles. The zero-order valence-corrected chi connectivity index (χ0v) is 10.4. The molecule has 0 saturated carbocycles. The van der Waals surface area contributed by atoms with Gasteiger partial charge in [0.25, 0.3) is 0 Å². The van der Waals surface area contributed by atoms with Crippen LogP contribution < -0.4 is 15.8 Å². The standard InChI is InChI=1S/C13H20N2O2/c1-10-5-3-4-6-12(10)17-8-7-15-13(16)11(2)9-14/h3-6,11H,7-9,14H2,1-2H3,(H,15,16). The van der Waals surface area contributed by atoms with Crippen molar-refractivity contribution < 1.29 is 9.53 Å². The number of hydrogen-bond donors (Lipinski definition) is 2. The fourth-order valence-corrected chi connectivity index (χ4v) is 1.33. The van der Waals surface area contributed by atoms with Crippen LogP contribution in [0, 0.1) is 12.8 Å². The largest absolute Gasteiger partial charge is 0.491 e. The summed E-state index contributed by atoms with van der Waals surface area (Å²) in [5.74, 6) is 0.683. The number of para-hydroxylation sites is 1. The Hall–Kier alpha value is -1.55. The fourth-order valence-electron chi connectivity index (χ4n) is 1.33. The van der Waals surface area contributed by atoms with Crippen LogP contribution >= 0.6 is 0 Å². The third-order valence-electron chi connectivity index (χ3n) is 2.55. The highest BCUT2D eigenvalue weighted by Gasteiger charge is 2.09. The van der Waals surface area contributed by atoms with Gasteiger partial charge in [-0.3, -0.25) is 4.79 Å². The van der Waals surface area contributed by atoms with Crippen molar-refractivity contribution in [2.75, 3.05) is 19.7 Å². The van der Waals surface area contributed by atoms with Gasteiger partial charge in [0, 0.05) is 12.5 Å². The first-order valence-electron chi connectivity index (χ1n) is 5.81. The number of nitrogens with one attached hydrogen (secondary N) is 1. The number of carbonyl (C=O) groups excluding carboxylic acids is 1. The Morgan fingerprint density at radius 3 is 2.82 bits per heavy atom. The molecule has 17 heavy (non-hydrogen) atoms. The molecule has 3 N–H and O–H groups in total. The average molecular weight is 236 g/mol. The fraction of sp³-hybridized carbons (Fsp3) is 0.462. The van der Waals surface area contributed by atoms with Crippen molar-refractivity contribution in [1.82, 2.24) is 5.32 Å². The van der Waals surface area contributed by atoms with E-state index >= 15 is 0 Å². The van der Waals surface area contributed by atoms with Crippen LogP contribution in [-0.2, 0) is 4.79 Å². The molecule has 0 aliphatic rings. The van der Waals surface area contributed by atoms with E-state index in [-0.39, 0.29) is 11.8 Å². The molecule has 1 amide bonds. The molecule has 1 aromatic rings. The molecule has 0 aliphatic carbocycles. The molecular weight excluding hydrogens is 216 g/mol. The predicted octanol–water partition coefficient (Wildman–Crippen LogP) is 1.08. The van der Waals surface area contributed by atoms with Crippen LogP contribution in [0.2, 0.25) is 0 Å². The Morgan fingerprint density at radius 1 is 1.47 bits per heavy atom. The van der Waals surface area contributed by atoms with E-state index in [9.17, 15) is 4.79 Å². The van der Waals surface area contributed by atoms with E-state index in [1.807, 2.05) is 31.2 Å². The number of hydrogen-bond acceptors (Lipinski definition) is 3. The van der Waals surface area contributed by atoms with Gasteiger partial charge in [-0.25, -0.2) is 0 Å². The number of benzene rings is 1. The van der Waals surface area contributed by atoms with Crippen molar-refractivity contribution >= 4 is 5.91 Å². The Labute approximate surface area is 102 Å². The molecule has 1 aromatic carbocycles.